The average Bonchev–Trinajstić information content (AvgIpc) is 3.19. The molecule has 1 unspecified atom stereocenters. The summed E-state index contributed by atoms with van der Waals surface area (Å²) in [5.41, 5.74) is 0.304. The highest BCUT2D eigenvalue weighted by Crippen LogP contribution is 2.44. The molecule has 0 radical (unpaired) electrons. The first-order chi connectivity index (χ1) is 9.70. The molecule has 0 aromatic carbocycles. The molecule has 0 spiro atoms. The zero-order valence-electron chi connectivity index (χ0n) is 12.9. The first-order valence-corrected chi connectivity index (χ1v) is 8.31. The Morgan fingerprint density at radius 1 is 1.35 bits per heavy atom. The zero-order chi connectivity index (χ0) is 14.0. The quantitative estimate of drug-likeness (QED) is 0.899. The minimum Gasteiger partial charge on any atom is -0.311 e. The lowest BCUT2D eigenvalue weighted by molar-refractivity contribution is 0.260. The van der Waals surface area contributed by atoms with E-state index in [1.54, 1.807) is 6.33 Å². The van der Waals surface area contributed by atoms with Crippen LogP contribution in [0.4, 0.5) is 0 Å². The molecule has 2 aliphatic rings. The van der Waals surface area contributed by atoms with Gasteiger partial charge < -0.3 is 5.32 Å². The zero-order valence-corrected chi connectivity index (χ0v) is 12.9. The largest absolute Gasteiger partial charge is 0.311 e. The fourth-order valence-corrected chi connectivity index (χ4v) is 3.65. The van der Waals surface area contributed by atoms with Crippen molar-refractivity contribution in [3.8, 4) is 0 Å². The normalized spacial score (nSPS) is 27.8. The molecule has 1 aromatic heterocycles. The Morgan fingerprint density at radius 3 is 2.95 bits per heavy atom. The van der Waals surface area contributed by atoms with Crippen molar-refractivity contribution >= 4 is 0 Å². The molecular weight excluding hydrogens is 248 g/mol. The monoisotopic (exact) mass is 276 g/mol. The van der Waals surface area contributed by atoms with Gasteiger partial charge in [-0.2, -0.15) is 5.10 Å². The Labute approximate surface area is 122 Å². The van der Waals surface area contributed by atoms with Crippen molar-refractivity contribution in [3.05, 3.63) is 12.2 Å². The van der Waals surface area contributed by atoms with Crippen LogP contribution in [-0.2, 0) is 13.0 Å². The van der Waals surface area contributed by atoms with Crippen LogP contribution in [-0.4, -0.2) is 26.8 Å². The fourth-order valence-electron chi connectivity index (χ4n) is 3.65. The molecule has 3 rings (SSSR count). The molecule has 20 heavy (non-hydrogen) atoms. The molecule has 1 aliphatic heterocycles. The van der Waals surface area contributed by atoms with Gasteiger partial charge in [0, 0.05) is 18.5 Å². The summed E-state index contributed by atoms with van der Waals surface area (Å²) in [6, 6.07) is 0. The second kappa shape index (κ2) is 5.84. The summed E-state index contributed by atoms with van der Waals surface area (Å²) >= 11 is 0. The molecular formula is C16H28N4. The summed E-state index contributed by atoms with van der Waals surface area (Å²) in [6.45, 7) is 6.64. The molecule has 4 nitrogen and oxygen atoms in total. The van der Waals surface area contributed by atoms with E-state index in [4.69, 9.17) is 0 Å². The lowest BCUT2D eigenvalue weighted by Gasteiger charge is -2.34. The minimum atomic E-state index is 0.304. The fraction of sp³-hybridized carbons (Fsp3) is 0.875. The van der Waals surface area contributed by atoms with Gasteiger partial charge in [0.05, 0.1) is 0 Å². The molecule has 0 amide bonds. The van der Waals surface area contributed by atoms with E-state index in [1.807, 2.05) is 0 Å². The summed E-state index contributed by atoms with van der Waals surface area (Å²) in [6.07, 6.45) is 11.0. The number of hydrogen-bond donors (Lipinski definition) is 1. The van der Waals surface area contributed by atoms with E-state index in [1.165, 1.54) is 50.9 Å². The topological polar surface area (TPSA) is 42.7 Å². The molecule has 1 saturated heterocycles. The Hall–Kier alpha value is -0.900. The highest BCUT2D eigenvalue weighted by atomic mass is 15.3. The Kier molecular flexibility index (Phi) is 4.11. The van der Waals surface area contributed by atoms with E-state index in [0.717, 1.165) is 18.9 Å². The van der Waals surface area contributed by atoms with E-state index < -0.39 is 0 Å². The summed E-state index contributed by atoms with van der Waals surface area (Å²) in [4.78, 5) is 4.56. The number of aromatic nitrogens is 3. The Bertz CT molecular complexity index is 425. The predicted octanol–water partition coefficient (Wildman–Crippen LogP) is 2.79. The summed E-state index contributed by atoms with van der Waals surface area (Å²) in [7, 11) is 0. The van der Waals surface area contributed by atoms with Gasteiger partial charge in [0.25, 0.3) is 0 Å². The van der Waals surface area contributed by atoms with Gasteiger partial charge in [0.15, 0.2) is 0 Å². The van der Waals surface area contributed by atoms with Crippen LogP contribution in [0.2, 0.25) is 0 Å². The third kappa shape index (κ3) is 3.05. The second-order valence-electron chi connectivity index (χ2n) is 7.10. The smallest absolute Gasteiger partial charge is 0.138 e. The average molecular weight is 276 g/mol. The Balaban J connectivity index is 1.77. The van der Waals surface area contributed by atoms with Crippen LogP contribution in [0.15, 0.2) is 6.33 Å². The van der Waals surface area contributed by atoms with Gasteiger partial charge in [-0.25, -0.2) is 9.67 Å². The molecule has 4 heteroatoms. The van der Waals surface area contributed by atoms with Crippen molar-refractivity contribution in [2.45, 2.75) is 70.9 Å². The van der Waals surface area contributed by atoms with Crippen LogP contribution < -0.4 is 5.32 Å². The van der Waals surface area contributed by atoms with Crippen LogP contribution in [0.1, 0.15) is 58.2 Å². The molecule has 2 heterocycles. The maximum absolute atomic E-state index is 4.56. The van der Waals surface area contributed by atoms with Gasteiger partial charge in [0.2, 0.25) is 0 Å². The number of rotatable bonds is 5. The molecule has 1 aliphatic carbocycles. The summed E-state index contributed by atoms with van der Waals surface area (Å²) < 4.78 is 2.13. The summed E-state index contributed by atoms with van der Waals surface area (Å²) in [5, 5.41) is 8.33. The van der Waals surface area contributed by atoms with Crippen molar-refractivity contribution < 1.29 is 0 Å². The lowest BCUT2D eigenvalue weighted by Crippen LogP contribution is -2.49. The second-order valence-corrected chi connectivity index (χ2v) is 7.10. The van der Waals surface area contributed by atoms with E-state index in [-0.39, 0.29) is 0 Å². The molecule has 1 aromatic rings. The maximum atomic E-state index is 4.56. The highest BCUT2D eigenvalue weighted by molar-refractivity contribution is 5.07. The van der Waals surface area contributed by atoms with Gasteiger partial charge in [-0.15, -0.1) is 0 Å². The van der Waals surface area contributed by atoms with Crippen molar-refractivity contribution in [3.63, 3.8) is 0 Å². The van der Waals surface area contributed by atoms with Crippen LogP contribution >= 0.6 is 0 Å². The highest BCUT2D eigenvalue weighted by Gasteiger charge is 2.45. The Morgan fingerprint density at radius 2 is 2.20 bits per heavy atom. The molecule has 1 N–H and O–H groups in total. The van der Waals surface area contributed by atoms with E-state index in [2.05, 4.69) is 33.9 Å². The number of nitrogens with one attached hydrogen (secondary N) is 1. The van der Waals surface area contributed by atoms with E-state index in [0.29, 0.717) is 11.5 Å². The number of hydrogen-bond acceptors (Lipinski definition) is 3. The van der Waals surface area contributed by atoms with Gasteiger partial charge in [-0.1, -0.05) is 26.7 Å². The van der Waals surface area contributed by atoms with Crippen molar-refractivity contribution in [1.82, 2.24) is 20.1 Å². The van der Waals surface area contributed by atoms with Gasteiger partial charge in [-0.05, 0) is 44.1 Å². The van der Waals surface area contributed by atoms with Crippen LogP contribution in [0.25, 0.3) is 0 Å². The molecule has 1 atom stereocenters. The predicted molar refractivity (Wildman–Crippen MR) is 80.5 cm³/mol. The van der Waals surface area contributed by atoms with Crippen molar-refractivity contribution in [1.29, 1.82) is 0 Å². The molecule has 2 fully saturated rings. The van der Waals surface area contributed by atoms with E-state index in [9.17, 15) is 0 Å². The third-order valence-electron chi connectivity index (χ3n) is 4.84. The number of nitrogens with zero attached hydrogens (tertiary/aromatic N) is 3. The van der Waals surface area contributed by atoms with Gasteiger partial charge in [-0.3, -0.25) is 0 Å². The van der Waals surface area contributed by atoms with E-state index >= 15 is 0 Å². The van der Waals surface area contributed by atoms with Crippen LogP contribution in [0.3, 0.4) is 0 Å². The lowest BCUT2D eigenvalue weighted by atomic mass is 9.84. The van der Waals surface area contributed by atoms with Crippen molar-refractivity contribution in [2.75, 3.05) is 6.54 Å². The van der Waals surface area contributed by atoms with Crippen LogP contribution in [0.5, 0.6) is 0 Å². The molecule has 0 bridgehead atoms. The maximum Gasteiger partial charge on any atom is 0.138 e. The SMILES string of the molecule is CC(C)Cn1ncnc1CC1(C2CC2)CCCCCN1. The first kappa shape index (κ1) is 14.1. The molecule has 1 saturated carbocycles. The van der Waals surface area contributed by atoms with Gasteiger partial charge >= 0.3 is 0 Å². The minimum absolute atomic E-state index is 0.304. The third-order valence-corrected chi connectivity index (χ3v) is 4.84. The van der Waals surface area contributed by atoms with Crippen LogP contribution in [0, 0.1) is 11.8 Å². The first-order valence-electron chi connectivity index (χ1n) is 8.31. The standard InChI is InChI=1S/C16H28N4/c1-13(2)11-20-15(17-12-19-20)10-16(14-6-7-14)8-4-3-5-9-18-16/h12-14,18H,3-11H2,1-2H3. The van der Waals surface area contributed by atoms with Crippen molar-refractivity contribution in [2.24, 2.45) is 11.8 Å². The summed E-state index contributed by atoms with van der Waals surface area (Å²) in [5.74, 6) is 2.67. The molecule has 112 valence electrons. The van der Waals surface area contributed by atoms with Gasteiger partial charge in [0.1, 0.15) is 12.2 Å².